The first-order valence-electron chi connectivity index (χ1n) is 6.11. The minimum absolute atomic E-state index is 0.317. The van der Waals surface area contributed by atoms with E-state index in [1.807, 2.05) is 0 Å². The quantitative estimate of drug-likeness (QED) is 0.610. The van der Waals surface area contributed by atoms with Crippen LogP contribution in [0.1, 0.15) is 24.4 Å². The van der Waals surface area contributed by atoms with Gasteiger partial charge in [0.25, 0.3) is 5.56 Å². The predicted molar refractivity (Wildman–Crippen MR) is 68.9 cm³/mol. The highest BCUT2D eigenvalue weighted by atomic mass is 16.6. The zero-order chi connectivity index (χ0) is 14.7. The number of ether oxygens (including phenoxy) is 2. The Morgan fingerprint density at radius 3 is 2.95 bits per heavy atom. The Bertz CT molecular complexity index is 588. The number of H-pyrrole nitrogens is 1. The Morgan fingerprint density at radius 1 is 1.60 bits per heavy atom. The van der Waals surface area contributed by atoms with Crippen molar-refractivity contribution in [1.29, 1.82) is 0 Å². The van der Waals surface area contributed by atoms with Crippen molar-refractivity contribution in [1.82, 2.24) is 9.97 Å². The monoisotopic (exact) mass is 280 g/mol. The van der Waals surface area contributed by atoms with Crippen molar-refractivity contribution in [3.63, 3.8) is 0 Å². The standard InChI is InChI=1S/C13H16N2O5/c1-3-4-7-10(14-5-9(17)15-7)12-13(19-2)11(18)8(6-16)20-12/h5,8,11-13,16,18H,6H2,1-2H3,(H,15,17)/t8-,11?,12+,13+/m1/s1. The van der Waals surface area contributed by atoms with Gasteiger partial charge in [0.05, 0.1) is 12.8 Å². The number of aliphatic hydroxyl groups is 2. The number of aliphatic hydroxyl groups excluding tert-OH is 2. The maximum Gasteiger partial charge on any atom is 0.267 e. The maximum absolute atomic E-state index is 11.3. The lowest BCUT2D eigenvalue weighted by Gasteiger charge is -2.18. The van der Waals surface area contributed by atoms with Gasteiger partial charge in [-0.3, -0.25) is 4.79 Å². The molecule has 1 saturated heterocycles. The van der Waals surface area contributed by atoms with Crippen molar-refractivity contribution in [2.24, 2.45) is 0 Å². The van der Waals surface area contributed by atoms with Crippen LogP contribution in [0.5, 0.6) is 0 Å². The Balaban J connectivity index is 2.44. The summed E-state index contributed by atoms with van der Waals surface area (Å²) < 4.78 is 10.8. The lowest BCUT2D eigenvalue weighted by Crippen LogP contribution is -2.34. The number of hydrogen-bond donors (Lipinski definition) is 3. The first-order chi connectivity index (χ1) is 9.62. The lowest BCUT2D eigenvalue weighted by molar-refractivity contribution is -0.0252. The van der Waals surface area contributed by atoms with Gasteiger partial charge in [-0.1, -0.05) is 5.92 Å². The fraction of sp³-hybridized carbons (Fsp3) is 0.538. The molecule has 0 aromatic carbocycles. The number of nitrogens with one attached hydrogen (secondary N) is 1. The number of aromatic nitrogens is 2. The summed E-state index contributed by atoms with van der Waals surface area (Å²) in [6, 6.07) is 0. The number of nitrogens with zero attached hydrogens (tertiary/aromatic N) is 1. The van der Waals surface area contributed by atoms with Crippen LogP contribution >= 0.6 is 0 Å². The van der Waals surface area contributed by atoms with E-state index < -0.39 is 24.4 Å². The van der Waals surface area contributed by atoms with Gasteiger partial charge in [0, 0.05) is 7.11 Å². The molecule has 1 fully saturated rings. The van der Waals surface area contributed by atoms with Crippen molar-refractivity contribution < 1.29 is 19.7 Å². The maximum atomic E-state index is 11.3. The van der Waals surface area contributed by atoms with E-state index in [2.05, 4.69) is 21.8 Å². The Morgan fingerprint density at radius 2 is 2.35 bits per heavy atom. The van der Waals surface area contributed by atoms with Gasteiger partial charge in [0.1, 0.15) is 35.8 Å². The van der Waals surface area contributed by atoms with Gasteiger partial charge in [-0.2, -0.15) is 0 Å². The van der Waals surface area contributed by atoms with Gasteiger partial charge in [0.2, 0.25) is 0 Å². The minimum atomic E-state index is -0.980. The molecule has 2 rings (SSSR count). The van der Waals surface area contributed by atoms with E-state index in [0.717, 1.165) is 6.20 Å². The van der Waals surface area contributed by atoms with Gasteiger partial charge in [0.15, 0.2) is 0 Å². The number of hydrogen-bond acceptors (Lipinski definition) is 6. The molecule has 1 aromatic heterocycles. The molecule has 0 amide bonds. The van der Waals surface area contributed by atoms with Gasteiger partial charge < -0.3 is 24.7 Å². The average Bonchev–Trinajstić information content (AvgIpc) is 2.75. The minimum Gasteiger partial charge on any atom is -0.394 e. The molecule has 1 unspecified atom stereocenters. The van der Waals surface area contributed by atoms with E-state index >= 15 is 0 Å². The highest BCUT2D eigenvalue weighted by molar-refractivity contribution is 5.33. The van der Waals surface area contributed by atoms with Crippen LogP contribution in [0.4, 0.5) is 0 Å². The molecule has 7 nitrogen and oxygen atoms in total. The van der Waals surface area contributed by atoms with Crippen molar-refractivity contribution >= 4 is 0 Å². The largest absolute Gasteiger partial charge is 0.394 e. The Labute approximate surface area is 115 Å². The zero-order valence-electron chi connectivity index (χ0n) is 11.2. The van der Waals surface area contributed by atoms with Gasteiger partial charge in [-0.25, -0.2) is 4.98 Å². The summed E-state index contributed by atoms with van der Waals surface area (Å²) >= 11 is 0. The molecular weight excluding hydrogens is 264 g/mol. The molecule has 0 aliphatic carbocycles. The van der Waals surface area contributed by atoms with Crippen LogP contribution in [0.3, 0.4) is 0 Å². The van der Waals surface area contributed by atoms with E-state index in [4.69, 9.17) is 9.47 Å². The molecule has 0 radical (unpaired) electrons. The van der Waals surface area contributed by atoms with E-state index in [1.54, 1.807) is 6.92 Å². The summed E-state index contributed by atoms with van der Waals surface area (Å²) in [6.07, 6.45) is -2.03. The van der Waals surface area contributed by atoms with Crippen LogP contribution in [0.2, 0.25) is 0 Å². The molecule has 7 heteroatoms. The molecule has 1 aliphatic rings. The highest BCUT2D eigenvalue weighted by Gasteiger charge is 2.45. The summed E-state index contributed by atoms with van der Waals surface area (Å²) in [6.45, 7) is 1.29. The van der Waals surface area contributed by atoms with E-state index in [0.29, 0.717) is 11.4 Å². The number of aromatic amines is 1. The Hall–Kier alpha value is -1.72. The summed E-state index contributed by atoms with van der Waals surface area (Å²) in [7, 11) is 1.43. The van der Waals surface area contributed by atoms with E-state index in [1.165, 1.54) is 7.11 Å². The first-order valence-corrected chi connectivity index (χ1v) is 6.11. The second-order valence-electron chi connectivity index (χ2n) is 4.35. The molecule has 3 N–H and O–H groups in total. The SMILES string of the molecule is CC#Cc1[nH]c(=O)cnc1[C@@H]1O[C@H](CO)C(O)[C@@H]1OC. The molecule has 0 spiro atoms. The summed E-state index contributed by atoms with van der Waals surface area (Å²) in [5.41, 5.74) is 0.316. The smallest absolute Gasteiger partial charge is 0.267 e. The van der Waals surface area contributed by atoms with Crippen LogP contribution in [-0.2, 0) is 9.47 Å². The molecule has 20 heavy (non-hydrogen) atoms. The number of rotatable bonds is 3. The first kappa shape index (κ1) is 14.7. The van der Waals surface area contributed by atoms with Crippen LogP contribution in [-0.4, -0.2) is 52.2 Å². The van der Waals surface area contributed by atoms with Crippen LogP contribution in [0, 0.1) is 11.8 Å². The topological polar surface area (TPSA) is 105 Å². The molecule has 4 atom stereocenters. The number of methoxy groups -OCH3 is 1. The van der Waals surface area contributed by atoms with Crippen LogP contribution in [0.15, 0.2) is 11.0 Å². The Kier molecular flexibility index (Phi) is 4.52. The normalized spacial score (nSPS) is 29.0. The van der Waals surface area contributed by atoms with Gasteiger partial charge in [-0.15, -0.1) is 0 Å². The van der Waals surface area contributed by atoms with Crippen molar-refractivity contribution in [2.45, 2.75) is 31.3 Å². The lowest BCUT2D eigenvalue weighted by atomic mass is 10.0. The van der Waals surface area contributed by atoms with Gasteiger partial charge >= 0.3 is 0 Å². The fourth-order valence-corrected chi connectivity index (χ4v) is 2.22. The summed E-state index contributed by atoms with van der Waals surface area (Å²) in [5, 5.41) is 19.2. The van der Waals surface area contributed by atoms with E-state index in [-0.39, 0.29) is 12.2 Å². The van der Waals surface area contributed by atoms with Gasteiger partial charge in [-0.05, 0) is 12.8 Å². The second kappa shape index (κ2) is 6.15. The fourth-order valence-electron chi connectivity index (χ4n) is 2.22. The summed E-state index contributed by atoms with van der Waals surface area (Å²) in [5.74, 6) is 5.41. The summed E-state index contributed by atoms with van der Waals surface area (Å²) in [4.78, 5) is 17.9. The molecule has 2 heterocycles. The predicted octanol–water partition coefficient (Wildman–Crippen LogP) is -1.05. The van der Waals surface area contributed by atoms with E-state index in [9.17, 15) is 15.0 Å². The molecule has 0 saturated carbocycles. The zero-order valence-corrected chi connectivity index (χ0v) is 11.2. The molecule has 1 aliphatic heterocycles. The molecular formula is C13H16N2O5. The van der Waals surface area contributed by atoms with Crippen molar-refractivity contribution in [3.8, 4) is 11.8 Å². The molecule has 108 valence electrons. The van der Waals surface area contributed by atoms with Crippen molar-refractivity contribution in [2.75, 3.05) is 13.7 Å². The van der Waals surface area contributed by atoms with Crippen LogP contribution in [0.25, 0.3) is 0 Å². The van der Waals surface area contributed by atoms with Crippen LogP contribution < -0.4 is 5.56 Å². The average molecular weight is 280 g/mol. The third-order valence-corrected chi connectivity index (χ3v) is 3.13. The third kappa shape index (κ3) is 2.59. The van der Waals surface area contributed by atoms with Crippen molar-refractivity contribution in [3.05, 3.63) is 27.9 Å². The molecule has 0 bridgehead atoms. The third-order valence-electron chi connectivity index (χ3n) is 3.13. The second-order valence-corrected chi connectivity index (χ2v) is 4.35. The highest BCUT2D eigenvalue weighted by Crippen LogP contribution is 2.34. The molecule has 1 aromatic rings.